The van der Waals surface area contributed by atoms with Gasteiger partial charge in [-0.2, -0.15) is 4.99 Å². The van der Waals surface area contributed by atoms with Gasteiger partial charge in [-0.1, -0.05) is 43.3 Å². The van der Waals surface area contributed by atoms with E-state index >= 15 is 0 Å². The molecule has 1 unspecified atom stereocenters. The number of hydrogen-bond acceptors (Lipinski definition) is 5. The minimum Gasteiger partial charge on any atom is -0.488 e. The highest BCUT2D eigenvalue weighted by Gasteiger charge is 2.22. The van der Waals surface area contributed by atoms with Gasteiger partial charge in [0.15, 0.2) is 0 Å². The van der Waals surface area contributed by atoms with Gasteiger partial charge in [-0.3, -0.25) is 0 Å². The van der Waals surface area contributed by atoms with E-state index in [0.717, 1.165) is 11.1 Å². The summed E-state index contributed by atoms with van der Waals surface area (Å²) in [6.07, 6.45) is 2.24. The van der Waals surface area contributed by atoms with Crippen LogP contribution in [0.2, 0.25) is 0 Å². The van der Waals surface area contributed by atoms with Crippen molar-refractivity contribution >= 4 is 12.0 Å². The molecule has 0 radical (unpaired) electrons. The molecule has 0 aliphatic heterocycles. The Bertz CT molecular complexity index is 818. The number of carbonyl (C=O) groups excluding carboxylic acids is 2. The molecule has 0 aliphatic rings. The van der Waals surface area contributed by atoms with Crippen LogP contribution in [0.4, 0.5) is 0 Å². The van der Waals surface area contributed by atoms with E-state index in [2.05, 4.69) is 4.99 Å². The monoisotopic (exact) mass is 367 g/mol. The van der Waals surface area contributed by atoms with Crippen molar-refractivity contribution < 1.29 is 19.1 Å². The van der Waals surface area contributed by atoms with Gasteiger partial charge in [-0.25, -0.2) is 9.59 Å². The van der Waals surface area contributed by atoms with Crippen LogP contribution in [-0.2, 0) is 16.1 Å². The molecule has 1 atom stereocenters. The summed E-state index contributed by atoms with van der Waals surface area (Å²) in [5, 5.41) is 0. The Balaban J connectivity index is 2.36. The van der Waals surface area contributed by atoms with Crippen molar-refractivity contribution in [2.45, 2.75) is 52.4 Å². The molecule has 5 heteroatoms. The molecule has 0 aromatic heterocycles. The second kappa shape index (κ2) is 9.15. The van der Waals surface area contributed by atoms with Crippen molar-refractivity contribution in [2.24, 2.45) is 4.99 Å². The lowest BCUT2D eigenvalue weighted by atomic mass is 10.0. The molecule has 27 heavy (non-hydrogen) atoms. The minimum atomic E-state index is -0.611. The van der Waals surface area contributed by atoms with Crippen LogP contribution in [0.25, 0.3) is 0 Å². The van der Waals surface area contributed by atoms with Gasteiger partial charge in [0.2, 0.25) is 6.08 Å². The fraction of sp³-hybridized carbons (Fsp3) is 0.364. The number of benzene rings is 2. The average molecular weight is 367 g/mol. The molecule has 0 bridgehead atoms. The Hall–Kier alpha value is -2.91. The summed E-state index contributed by atoms with van der Waals surface area (Å²) in [5.41, 5.74) is 1.50. The van der Waals surface area contributed by atoms with E-state index in [4.69, 9.17) is 9.47 Å². The van der Waals surface area contributed by atoms with Crippen LogP contribution in [0.5, 0.6) is 5.75 Å². The maximum Gasteiger partial charge on any atom is 0.342 e. The van der Waals surface area contributed by atoms with E-state index in [-0.39, 0.29) is 6.04 Å². The zero-order chi connectivity index (χ0) is 19.9. The normalized spacial score (nSPS) is 12.0. The standard InChI is InChI=1S/C22H25NO4/c1-5-19(23-15-24)17-11-12-18(21(25)27-22(2,3)4)20(13-17)26-14-16-9-7-6-8-10-16/h6-13,19H,5,14H2,1-4H3. The Morgan fingerprint density at radius 1 is 1.15 bits per heavy atom. The third-order valence-corrected chi connectivity index (χ3v) is 3.84. The van der Waals surface area contributed by atoms with E-state index in [9.17, 15) is 9.59 Å². The van der Waals surface area contributed by atoms with Crippen molar-refractivity contribution in [3.63, 3.8) is 0 Å². The van der Waals surface area contributed by atoms with Gasteiger partial charge in [0, 0.05) is 0 Å². The third kappa shape index (κ3) is 6.08. The van der Waals surface area contributed by atoms with Gasteiger partial charge in [0.1, 0.15) is 23.5 Å². The molecule has 0 fully saturated rings. The lowest BCUT2D eigenvalue weighted by Gasteiger charge is -2.21. The maximum absolute atomic E-state index is 12.6. The maximum atomic E-state index is 12.6. The molecule has 0 amide bonds. The van der Waals surface area contributed by atoms with Gasteiger partial charge in [0.25, 0.3) is 0 Å². The number of isocyanates is 1. The van der Waals surface area contributed by atoms with E-state index in [1.54, 1.807) is 24.3 Å². The number of carbonyl (C=O) groups is 1. The predicted molar refractivity (Wildman–Crippen MR) is 104 cm³/mol. The van der Waals surface area contributed by atoms with Crippen molar-refractivity contribution in [1.82, 2.24) is 0 Å². The van der Waals surface area contributed by atoms with Crippen LogP contribution in [0.15, 0.2) is 53.5 Å². The van der Waals surface area contributed by atoms with E-state index in [0.29, 0.717) is 24.3 Å². The summed E-state index contributed by atoms with van der Waals surface area (Å²) < 4.78 is 11.4. The van der Waals surface area contributed by atoms with Crippen LogP contribution in [0.3, 0.4) is 0 Å². The topological polar surface area (TPSA) is 65.0 Å². The predicted octanol–water partition coefficient (Wildman–Crippen LogP) is 5.01. The number of nitrogens with zero attached hydrogens (tertiary/aromatic N) is 1. The fourth-order valence-electron chi connectivity index (χ4n) is 2.57. The number of aliphatic imine (C=N–C) groups is 1. The first-order valence-corrected chi connectivity index (χ1v) is 8.95. The summed E-state index contributed by atoms with van der Waals surface area (Å²) in [4.78, 5) is 27.1. The molecule has 0 heterocycles. The molecule has 2 aromatic rings. The quantitative estimate of drug-likeness (QED) is 0.392. The van der Waals surface area contributed by atoms with E-state index in [1.165, 1.54) is 0 Å². The second-order valence-electron chi connectivity index (χ2n) is 7.18. The smallest absolute Gasteiger partial charge is 0.342 e. The van der Waals surface area contributed by atoms with Crippen LogP contribution in [-0.4, -0.2) is 17.7 Å². The van der Waals surface area contributed by atoms with E-state index in [1.807, 2.05) is 58.0 Å². The zero-order valence-electron chi connectivity index (χ0n) is 16.2. The van der Waals surface area contributed by atoms with Crippen molar-refractivity contribution in [3.05, 3.63) is 65.2 Å². The molecule has 0 saturated heterocycles. The summed E-state index contributed by atoms with van der Waals surface area (Å²) in [6, 6.07) is 14.5. The van der Waals surface area contributed by atoms with Crippen molar-refractivity contribution in [3.8, 4) is 5.75 Å². The highest BCUT2D eigenvalue weighted by Crippen LogP contribution is 2.29. The number of hydrogen-bond donors (Lipinski definition) is 0. The number of ether oxygens (including phenoxy) is 2. The Kier molecular flexibility index (Phi) is 6.91. The summed E-state index contributed by atoms with van der Waals surface area (Å²) in [6.45, 7) is 7.69. The molecule has 0 spiro atoms. The molecule has 2 aromatic carbocycles. The summed E-state index contributed by atoms with van der Waals surface area (Å²) in [5.74, 6) is -0.0470. The van der Waals surface area contributed by atoms with Crippen molar-refractivity contribution in [1.29, 1.82) is 0 Å². The lowest BCUT2D eigenvalue weighted by molar-refractivity contribution is 0.00654. The number of rotatable bonds is 7. The SMILES string of the molecule is CCC(N=C=O)c1ccc(C(=O)OC(C)(C)C)c(OCc2ccccc2)c1. The lowest BCUT2D eigenvalue weighted by Crippen LogP contribution is -2.24. The minimum absolute atomic E-state index is 0.313. The third-order valence-electron chi connectivity index (χ3n) is 3.84. The molecule has 2 rings (SSSR count). The van der Waals surface area contributed by atoms with Crippen LogP contribution >= 0.6 is 0 Å². The van der Waals surface area contributed by atoms with Gasteiger partial charge in [-0.15, -0.1) is 0 Å². The van der Waals surface area contributed by atoms with Crippen LogP contribution in [0.1, 0.15) is 61.6 Å². The van der Waals surface area contributed by atoms with Gasteiger partial charge >= 0.3 is 5.97 Å². The van der Waals surface area contributed by atoms with Crippen LogP contribution in [0, 0.1) is 0 Å². The first-order chi connectivity index (χ1) is 12.8. The second-order valence-corrected chi connectivity index (χ2v) is 7.18. The van der Waals surface area contributed by atoms with Crippen molar-refractivity contribution in [2.75, 3.05) is 0 Å². The van der Waals surface area contributed by atoms with Gasteiger partial charge in [0.05, 0.1) is 6.04 Å². The summed E-state index contributed by atoms with van der Waals surface area (Å²) in [7, 11) is 0. The first kappa shape index (κ1) is 20.4. The molecule has 0 aliphatic carbocycles. The molecule has 142 valence electrons. The Labute approximate surface area is 160 Å². The average Bonchev–Trinajstić information content (AvgIpc) is 2.63. The molecular formula is C22H25NO4. The molecule has 0 saturated carbocycles. The van der Waals surface area contributed by atoms with E-state index < -0.39 is 11.6 Å². The highest BCUT2D eigenvalue weighted by molar-refractivity contribution is 5.93. The number of esters is 1. The first-order valence-electron chi connectivity index (χ1n) is 8.95. The highest BCUT2D eigenvalue weighted by atomic mass is 16.6. The zero-order valence-corrected chi connectivity index (χ0v) is 16.2. The van der Waals surface area contributed by atoms with Gasteiger partial charge in [-0.05, 0) is 50.5 Å². The van der Waals surface area contributed by atoms with Gasteiger partial charge < -0.3 is 9.47 Å². The fourth-order valence-corrected chi connectivity index (χ4v) is 2.57. The Morgan fingerprint density at radius 2 is 1.85 bits per heavy atom. The Morgan fingerprint density at radius 3 is 2.44 bits per heavy atom. The molecule has 0 N–H and O–H groups in total. The molecular weight excluding hydrogens is 342 g/mol. The molecule has 5 nitrogen and oxygen atoms in total. The van der Waals surface area contributed by atoms with Crippen LogP contribution < -0.4 is 4.74 Å². The summed E-state index contributed by atoms with van der Waals surface area (Å²) >= 11 is 0. The largest absolute Gasteiger partial charge is 0.488 e.